The van der Waals surface area contributed by atoms with Gasteiger partial charge in [-0.2, -0.15) is 5.26 Å². The van der Waals surface area contributed by atoms with Crippen molar-refractivity contribution in [2.75, 3.05) is 7.11 Å². The van der Waals surface area contributed by atoms with Crippen molar-refractivity contribution in [3.63, 3.8) is 0 Å². The van der Waals surface area contributed by atoms with Gasteiger partial charge in [0.1, 0.15) is 41.1 Å². The van der Waals surface area contributed by atoms with Crippen LogP contribution in [0, 0.1) is 31.0 Å². The number of carbonyl (C=O) groups excluding carboxylic acids is 1. The van der Waals surface area contributed by atoms with Gasteiger partial charge < -0.3 is 29.1 Å². The maximum atomic E-state index is 13.7. The lowest BCUT2D eigenvalue weighted by atomic mass is 9.83. The van der Waals surface area contributed by atoms with E-state index in [1.54, 1.807) is 38.3 Å². The van der Waals surface area contributed by atoms with Gasteiger partial charge in [0.05, 0.1) is 13.0 Å². The van der Waals surface area contributed by atoms with Gasteiger partial charge in [-0.15, -0.1) is 0 Å². The molecular weight excluding hydrogens is 563 g/mol. The van der Waals surface area contributed by atoms with E-state index < -0.39 is 17.7 Å². The van der Waals surface area contributed by atoms with Crippen molar-refractivity contribution in [1.82, 2.24) is 0 Å². The van der Waals surface area contributed by atoms with Crippen LogP contribution < -0.4 is 24.7 Å². The standard InChI is InChI=1S/C35H27FN2O6/c1-19-4-6-21(7-5-19)18-41-29-12-8-22(14-31(29)40-3)32-25-11-10-24(16-30(25)44-34(38)27(32)17-37)42-35(39)33-20(2)26-15-23(36)9-13-28(26)43-33/h4-16,32H,18,38H2,1-3H3. The SMILES string of the molecule is COc1cc(C2C(C#N)=C(N)Oc3cc(OC(=O)c4oc5ccc(F)cc5c4C)ccc32)ccc1OCc1ccc(C)cc1. The molecule has 0 saturated carbocycles. The van der Waals surface area contributed by atoms with Crippen LogP contribution in [0.3, 0.4) is 0 Å². The van der Waals surface area contributed by atoms with Crippen LogP contribution in [0.5, 0.6) is 23.0 Å². The molecule has 2 heterocycles. The maximum Gasteiger partial charge on any atom is 0.379 e. The zero-order chi connectivity index (χ0) is 31.0. The van der Waals surface area contributed by atoms with Crippen molar-refractivity contribution >= 4 is 16.9 Å². The Labute approximate surface area is 252 Å². The molecule has 0 radical (unpaired) electrons. The van der Waals surface area contributed by atoms with Gasteiger partial charge >= 0.3 is 5.97 Å². The third-order valence-electron chi connectivity index (χ3n) is 7.52. The van der Waals surface area contributed by atoms with Crippen LogP contribution in [0.1, 0.15) is 44.3 Å². The number of carbonyl (C=O) groups is 1. The molecule has 0 aliphatic carbocycles. The molecule has 5 aromatic rings. The van der Waals surface area contributed by atoms with Gasteiger partial charge in [0.15, 0.2) is 11.5 Å². The lowest BCUT2D eigenvalue weighted by molar-refractivity contribution is 0.0702. The first-order chi connectivity index (χ1) is 21.2. The first-order valence-electron chi connectivity index (χ1n) is 13.7. The first-order valence-corrected chi connectivity index (χ1v) is 13.7. The summed E-state index contributed by atoms with van der Waals surface area (Å²) < 4.78 is 42.4. The summed E-state index contributed by atoms with van der Waals surface area (Å²) in [6.45, 7) is 4.04. The number of nitrogens with two attached hydrogens (primary N) is 1. The van der Waals surface area contributed by atoms with E-state index in [0.717, 1.165) is 16.7 Å². The number of fused-ring (bicyclic) bond motifs is 2. The van der Waals surface area contributed by atoms with Crippen molar-refractivity contribution in [2.45, 2.75) is 26.4 Å². The van der Waals surface area contributed by atoms with Crippen LogP contribution >= 0.6 is 0 Å². The van der Waals surface area contributed by atoms with E-state index in [0.29, 0.717) is 46.0 Å². The summed E-state index contributed by atoms with van der Waals surface area (Å²) in [6.07, 6.45) is 0. The predicted molar refractivity (Wildman–Crippen MR) is 160 cm³/mol. The molecular formula is C35H27FN2O6. The lowest BCUT2D eigenvalue weighted by Crippen LogP contribution is -2.21. The second-order valence-electron chi connectivity index (χ2n) is 10.4. The second kappa shape index (κ2) is 11.5. The Hall–Kier alpha value is -5.75. The Morgan fingerprint density at radius 2 is 1.80 bits per heavy atom. The van der Waals surface area contributed by atoms with Crippen LogP contribution in [0.2, 0.25) is 0 Å². The first kappa shape index (κ1) is 28.4. The fraction of sp³-hybridized carbons (Fsp3) is 0.143. The third kappa shape index (κ3) is 5.29. The summed E-state index contributed by atoms with van der Waals surface area (Å²) in [4.78, 5) is 13.0. The van der Waals surface area contributed by atoms with E-state index in [1.807, 2.05) is 37.3 Å². The number of nitriles is 1. The van der Waals surface area contributed by atoms with Crippen LogP contribution in [-0.4, -0.2) is 13.1 Å². The number of esters is 1. The molecule has 6 rings (SSSR count). The van der Waals surface area contributed by atoms with Crippen LogP contribution in [0.4, 0.5) is 4.39 Å². The Kier molecular flexibility index (Phi) is 7.41. The minimum atomic E-state index is -0.751. The van der Waals surface area contributed by atoms with Crippen LogP contribution in [0.25, 0.3) is 11.0 Å². The Morgan fingerprint density at radius 1 is 1.00 bits per heavy atom. The molecule has 0 saturated heterocycles. The zero-order valence-electron chi connectivity index (χ0n) is 24.1. The molecule has 1 aliphatic rings. The molecule has 8 nitrogen and oxygen atoms in total. The summed E-state index contributed by atoms with van der Waals surface area (Å²) in [5.41, 5.74) is 10.8. The number of allylic oxidation sites excluding steroid dienone is 1. The van der Waals surface area contributed by atoms with E-state index in [9.17, 15) is 14.4 Å². The predicted octanol–water partition coefficient (Wildman–Crippen LogP) is 7.21. The summed E-state index contributed by atoms with van der Waals surface area (Å²) in [6, 6.07) is 24.5. The largest absolute Gasteiger partial charge is 0.493 e. The van der Waals surface area contributed by atoms with Crippen molar-refractivity contribution in [1.29, 1.82) is 5.26 Å². The van der Waals surface area contributed by atoms with Gasteiger partial charge in [0.2, 0.25) is 11.6 Å². The van der Waals surface area contributed by atoms with E-state index >= 15 is 0 Å². The maximum absolute atomic E-state index is 13.7. The van der Waals surface area contributed by atoms with E-state index in [1.165, 1.54) is 24.3 Å². The molecule has 44 heavy (non-hydrogen) atoms. The lowest BCUT2D eigenvalue weighted by Gasteiger charge is -2.27. The molecule has 0 fully saturated rings. The van der Waals surface area contributed by atoms with Crippen molar-refractivity contribution in [3.8, 4) is 29.1 Å². The number of benzene rings is 4. The summed E-state index contributed by atoms with van der Waals surface area (Å²) >= 11 is 0. The highest BCUT2D eigenvalue weighted by atomic mass is 19.1. The van der Waals surface area contributed by atoms with Crippen molar-refractivity contribution in [3.05, 3.63) is 130 Å². The van der Waals surface area contributed by atoms with Gasteiger partial charge in [0, 0.05) is 22.6 Å². The third-order valence-corrected chi connectivity index (χ3v) is 7.52. The Bertz CT molecular complexity index is 1990. The fourth-order valence-electron chi connectivity index (χ4n) is 5.21. The van der Waals surface area contributed by atoms with Gasteiger partial charge in [0.25, 0.3) is 0 Å². The van der Waals surface area contributed by atoms with Gasteiger partial charge in [-0.05, 0) is 61.4 Å². The Balaban J connectivity index is 1.28. The van der Waals surface area contributed by atoms with Crippen molar-refractivity contribution in [2.24, 2.45) is 5.73 Å². The van der Waals surface area contributed by atoms with Gasteiger partial charge in [-0.25, -0.2) is 9.18 Å². The number of methoxy groups -OCH3 is 1. The number of ether oxygens (including phenoxy) is 4. The van der Waals surface area contributed by atoms with E-state index in [4.69, 9.17) is 29.1 Å². The summed E-state index contributed by atoms with van der Waals surface area (Å²) in [5, 5.41) is 10.5. The molecule has 1 aliphatic heterocycles. The smallest absolute Gasteiger partial charge is 0.379 e. The average Bonchev–Trinajstić information content (AvgIpc) is 3.35. The number of hydrogen-bond acceptors (Lipinski definition) is 8. The molecule has 0 amide bonds. The quantitative estimate of drug-likeness (QED) is 0.156. The van der Waals surface area contributed by atoms with E-state index in [-0.39, 0.29) is 23.0 Å². The van der Waals surface area contributed by atoms with Crippen LogP contribution in [0.15, 0.2) is 94.7 Å². The fourth-order valence-corrected chi connectivity index (χ4v) is 5.21. The molecule has 2 N–H and O–H groups in total. The molecule has 0 spiro atoms. The second-order valence-corrected chi connectivity index (χ2v) is 10.4. The van der Waals surface area contributed by atoms with Gasteiger partial charge in [-0.3, -0.25) is 0 Å². The monoisotopic (exact) mass is 590 g/mol. The number of furan rings is 1. The highest BCUT2D eigenvalue weighted by Gasteiger charge is 2.32. The minimum absolute atomic E-state index is 0.0370. The normalized spacial score (nSPS) is 14.0. The number of halogens is 1. The number of hydrogen-bond donors (Lipinski definition) is 1. The average molecular weight is 591 g/mol. The minimum Gasteiger partial charge on any atom is -0.493 e. The molecule has 0 bridgehead atoms. The summed E-state index contributed by atoms with van der Waals surface area (Å²) in [7, 11) is 1.55. The van der Waals surface area contributed by atoms with Crippen molar-refractivity contribution < 1.29 is 32.5 Å². The molecule has 9 heteroatoms. The number of aryl methyl sites for hydroxylation is 2. The Morgan fingerprint density at radius 3 is 2.55 bits per heavy atom. The topological polar surface area (TPSA) is 117 Å². The molecule has 4 aromatic carbocycles. The highest BCUT2D eigenvalue weighted by Crippen LogP contribution is 2.45. The molecule has 1 aromatic heterocycles. The van der Waals surface area contributed by atoms with E-state index in [2.05, 4.69) is 6.07 Å². The zero-order valence-corrected chi connectivity index (χ0v) is 24.1. The number of rotatable bonds is 7. The molecule has 220 valence electrons. The van der Waals surface area contributed by atoms with Gasteiger partial charge in [-0.1, -0.05) is 42.0 Å². The summed E-state index contributed by atoms with van der Waals surface area (Å²) in [5.74, 6) is -0.349. The molecule has 1 atom stereocenters. The number of nitrogens with zero attached hydrogens (tertiary/aromatic N) is 1. The molecule has 1 unspecified atom stereocenters. The highest BCUT2D eigenvalue weighted by molar-refractivity contribution is 5.96. The van der Waals surface area contributed by atoms with Crippen LogP contribution in [-0.2, 0) is 6.61 Å².